The lowest BCUT2D eigenvalue weighted by molar-refractivity contribution is 0.857. The minimum absolute atomic E-state index is 0.496. The second-order valence-corrected chi connectivity index (χ2v) is 2.53. The molecule has 0 aromatic carbocycles. The molecular formula is C8H12N4. The molecule has 0 spiro atoms. The van der Waals surface area contributed by atoms with Crippen LogP contribution in [-0.4, -0.2) is 15.5 Å². The molecule has 0 fully saturated rings. The maximum Gasteiger partial charge on any atom is 0.153 e. The van der Waals surface area contributed by atoms with Crippen molar-refractivity contribution in [3.63, 3.8) is 0 Å². The van der Waals surface area contributed by atoms with Gasteiger partial charge in [-0.25, -0.2) is 9.66 Å². The van der Waals surface area contributed by atoms with E-state index in [0.717, 1.165) is 5.69 Å². The fraction of sp³-hybridized carbons (Fsp3) is 0.250. The Labute approximate surface area is 71.4 Å². The van der Waals surface area contributed by atoms with Gasteiger partial charge in [-0.1, -0.05) is 6.58 Å². The first-order valence-electron chi connectivity index (χ1n) is 3.63. The van der Waals surface area contributed by atoms with Crippen LogP contribution in [0.1, 0.15) is 18.4 Å². The van der Waals surface area contributed by atoms with Gasteiger partial charge in [-0.2, -0.15) is 5.10 Å². The third kappa shape index (κ3) is 1.72. The van der Waals surface area contributed by atoms with E-state index in [1.165, 1.54) is 0 Å². The molecule has 0 aliphatic carbocycles. The molecule has 4 nitrogen and oxygen atoms in total. The van der Waals surface area contributed by atoms with Crippen LogP contribution in [0.25, 0.3) is 6.08 Å². The molecule has 0 amide bonds. The molecule has 64 valence electrons. The van der Waals surface area contributed by atoms with Crippen LogP contribution in [0.15, 0.2) is 17.9 Å². The molecule has 0 saturated heterocycles. The van der Waals surface area contributed by atoms with Crippen molar-refractivity contribution in [2.75, 3.05) is 0 Å². The topological polar surface area (TPSA) is 56.2 Å². The van der Waals surface area contributed by atoms with Gasteiger partial charge in [-0.15, -0.1) is 0 Å². The number of amidine groups is 1. The number of nitrogens with zero attached hydrogens (tertiary/aromatic N) is 3. The summed E-state index contributed by atoms with van der Waals surface area (Å²) in [6.45, 7) is 7.24. The summed E-state index contributed by atoms with van der Waals surface area (Å²) >= 11 is 0. The predicted octanol–water partition coefficient (Wildman–Crippen LogP) is 0.975. The lowest BCUT2D eigenvalue weighted by atomic mass is 10.6. The normalized spacial score (nSPS) is 11.7. The monoisotopic (exact) mass is 164 g/mol. The highest BCUT2D eigenvalue weighted by molar-refractivity contribution is 5.77. The van der Waals surface area contributed by atoms with Crippen molar-refractivity contribution in [1.82, 2.24) is 9.66 Å². The fourth-order valence-electron chi connectivity index (χ4n) is 0.893. The Morgan fingerprint density at radius 3 is 3.00 bits per heavy atom. The van der Waals surface area contributed by atoms with E-state index in [-0.39, 0.29) is 0 Å². The second kappa shape index (κ2) is 3.21. The Hall–Kier alpha value is -1.58. The number of imidazole rings is 1. The van der Waals surface area contributed by atoms with E-state index in [4.69, 9.17) is 5.73 Å². The maximum absolute atomic E-state index is 5.42. The van der Waals surface area contributed by atoms with Crippen LogP contribution in [0.4, 0.5) is 0 Å². The van der Waals surface area contributed by atoms with Gasteiger partial charge in [0.05, 0.1) is 11.9 Å². The van der Waals surface area contributed by atoms with Gasteiger partial charge in [0, 0.05) is 0 Å². The molecule has 1 aromatic heterocycles. The third-order valence-electron chi connectivity index (χ3n) is 1.28. The Bertz CT molecular complexity index is 318. The highest BCUT2D eigenvalue weighted by Gasteiger charge is 1.99. The average molecular weight is 164 g/mol. The smallest absolute Gasteiger partial charge is 0.153 e. The van der Waals surface area contributed by atoms with Gasteiger partial charge < -0.3 is 5.73 Å². The van der Waals surface area contributed by atoms with Gasteiger partial charge in [0.1, 0.15) is 5.84 Å². The van der Waals surface area contributed by atoms with Crippen LogP contribution < -0.4 is 5.73 Å². The largest absolute Gasteiger partial charge is 0.386 e. The Kier molecular flexibility index (Phi) is 2.28. The van der Waals surface area contributed by atoms with Crippen molar-refractivity contribution in [2.24, 2.45) is 10.8 Å². The summed E-state index contributed by atoms with van der Waals surface area (Å²) in [5.41, 5.74) is 6.32. The fourth-order valence-corrected chi connectivity index (χ4v) is 0.893. The van der Waals surface area contributed by atoms with Crippen molar-refractivity contribution in [2.45, 2.75) is 13.8 Å². The Balaban J connectivity index is 3.13. The highest BCUT2D eigenvalue weighted by Crippen LogP contribution is 2.02. The van der Waals surface area contributed by atoms with E-state index in [9.17, 15) is 0 Å². The number of aryl methyl sites for hydroxylation is 1. The minimum Gasteiger partial charge on any atom is -0.386 e. The van der Waals surface area contributed by atoms with Crippen molar-refractivity contribution >= 4 is 11.9 Å². The summed E-state index contributed by atoms with van der Waals surface area (Å²) in [7, 11) is 0. The van der Waals surface area contributed by atoms with Crippen LogP contribution in [0.5, 0.6) is 0 Å². The molecule has 4 heteroatoms. The van der Waals surface area contributed by atoms with Crippen molar-refractivity contribution in [3.8, 4) is 0 Å². The van der Waals surface area contributed by atoms with E-state index in [2.05, 4.69) is 16.7 Å². The van der Waals surface area contributed by atoms with Gasteiger partial charge in [-0.05, 0) is 19.9 Å². The molecule has 0 saturated carbocycles. The van der Waals surface area contributed by atoms with E-state index in [1.807, 2.05) is 6.92 Å². The van der Waals surface area contributed by atoms with Gasteiger partial charge in [0.15, 0.2) is 5.82 Å². The zero-order chi connectivity index (χ0) is 9.14. The van der Waals surface area contributed by atoms with E-state index >= 15 is 0 Å². The summed E-state index contributed by atoms with van der Waals surface area (Å²) in [6.07, 6.45) is 3.44. The van der Waals surface area contributed by atoms with Gasteiger partial charge >= 0.3 is 0 Å². The Morgan fingerprint density at radius 2 is 2.50 bits per heavy atom. The number of hydrogen-bond donors (Lipinski definition) is 1. The zero-order valence-electron chi connectivity index (χ0n) is 7.28. The summed E-state index contributed by atoms with van der Waals surface area (Å²) < 4.78 is 1.61. The number of nitrogens with two attached hydrogens (primary N) is 1. The first-order valence-corrected chi connectivity index (χ1v) is 3.63. The number of aromatic nitrogens is 2. The van der Waals surface area contributed by atoms with Crippen LogP contribution in [0.2, 0.25) is 0 Å². The average Bonchev–Trinajstić information content (AvgIpc) is 2.29. The summed E-state index contributed by atoms with van der Waals surface area (Å²) in [5, 5.41) is 4.03. The first kappa shape index (κ1) is 8.52. The van der Waals surface area contributed by atoms with Gasteiger partial charge in [0.25, 0.3) is 0 Å². The predicted molar refractivity (Wildman–Crippen MR) is 49.7 cm³/mol. The summed E-state index contributed by atoms with van der Waals surface area (Å²) in [4.78, 5) is 4.16. The van der Waals surface area contributed by atoms with Gasteiger partial charge in [-0.3, -0.25) is 0 Å². The molecule has 1 aromatic rings. The standard InChI is InChI=1S/C8H12N4/c1-4-8-10-6(2)5-12(8)11-7(3)9/h4-5H,1H2,2-3H3,(H2,9,11). The van der Waals surface area contributed by atoms with E-state index in [1.54, 1.807) is 23.9 Å². The molecule has 12 heavy (non-hydrogen) atoms. The van der Waals surface area contributed by atoms with E-state index in [0.29, 0.717) is 11.7 Å². The molecule has 0 bridgehead atoms. The molecule has 0 aliphatic rings. The second-order valence-electron chi connectivity index (χ2n) is 2.53. The number of rotatable bonds is 2. The van der Waals surface area contributed by atoms with Crippen LogP contribution in [-0.2, 0) is 0 Å². The minimum atomic E-state index is 0.496. The Morgan fingerprint density at radius 1 is 1.83 bits per heavy atom. The van der Waals surface area contributed by atoms with Crippen LogP contribution >= 0.6 is 0 Å². The van der Waals surface area contributed by atoms with Gasteiger partial charge in [0.2, 0.25) is 0 Å². The molecule has 0 unspecified atom stereocenters. The highest BCUT2D eigenvalue weighted by atomic mass is 15.4. The molecule has 0 radical (unpaired) electrons. The SMILES string of the molecule is C=Cc1nc(C)cn1/N=C(\C)N. The lowest BCUT2D eigenvalue weighted by Crippen LogP contribution is -2.08. The zero-order valence-corrected chi connectivity index (χ0v) is 7.28. The number of hydrogen-bond acceptors (Lipinski definition) is 2. The van der Waals surface area contributed by atoms with Crippen LogP contribution in [0, 0.1) is 6.92 Å². The third-order valence-corrected chi connectivity index (χ3v) is 1.28. The lowest BCUT2D eigenvalue weighted by Gasteiger charge is -1.95. The summed E-state index contributed by atoms with van der Waals surface area (Å²) in [5.74, 6) is 1.20. The molecule has 2 N–H and O–H groups in total. The van der Waals surface area contributed by atoms with E-state index < -0.39 is 0 Å². The van der Waals surface area contributed by atoms with Crippen LogP contribution in [0.3, 0.4) is 0 Å². The molecular weight excluding hydrogens is 152 g/mol. The van der Waals surface area contributed by atoms with Crippen molar-refractivity contribution < 1.29 is 0 Å². The maximum atomic E-state index is 5.42. The quantitative estimate of drug-likeness (QED) is 0.523. The molecule has 0 atom stereocenters. The summed E-state index contributed by atoms with van der Waals surface area (Å²) in [6, 6.07) is 0. The molecule has 1 heterocycles. The van der Waals surface area contributed by atoms with Crippen molar-refractivity contribution in [3.05, 3.63) is 24.3 Å². The first-order chi connectivity index (χ1) is 5.63. The molecule has 0 aliphatic heterocycles. The molecule has 1 rings (SSSR count). The van der Waals surface area contributed by atoms with Crippen molar-refractivity contribution in [1.29, 1.82) is 0 Å².